The third kappa shape index (κ3) is 4.34. The smallest absolute Gasteiger partial charge is 0.291 e. The van der Waals surface area contributed by atoms with Crippen molar-refractivity contribution in [3.8, 4) is 0 Å². The molecule has 2 amide bonds. The Labute approximate surface area is 182 Å². The first kappa shape index (κ1) is 21.2. The molecule has 1 aliphatic heterocycles. The van der Waals surface area contributed by atoms with Crippen LogP contribution >= 0.6 is 11.3 Å². The number of nitrogens with one attached hydrogen (secondary N) is 1. The minimum absolute atomic E-state index is 0.0818. The van der Waals surface area contributed by atoms with Crippen molar-refractivity contribution in [2.24, 2.45) is 11.3 Å². The summed E-state index contributed by atoms with van der Waals surface area (Å²) in [5, 5.41) is 3.68. The third-order valence-corrected chi connectivity index (χ3v) is 7.74. The number of nitrogens with zero attached hydrogens (tertiary/aromatic N) is 1. The Morgan fingerprint density at radius 2 is 1.90 bits per heavy atom. The molecule has 1 N–H and O–H groups in total. The molecule has 2 aromatic rings. The van der Waals surface area contributed by atoms with Gasteiger partial charge in [-0.15, -0.1) is 11.3 Å². The van der Waals surface area contributed by atoms with Gasteiger partial charge >= 0.3 is 0 Å². The Bertz CT molecular complexity index is 900. The van der Waals surface area contributed by atoms with Gasteiger partial charge in [-0.2, -0.15) is 0 Å². The number of likely N-dealkylation sites (tertiary alicyclic amines) is 1. The molecule has 2 aromatic heterocycles. The van der Waals surface area contributed by atoms with E-state index in [1.54, 1.807) is 23.5 Å². The normalized spacial score (nSPS) is 19.8. The lowest BCUT2D eigenvalue weighted by atomic mass is 9.72. The van der Waals surface area contributed by atoms with E-state index >= 15 is 0 Å². The van der Waals surface area contributed by atoms with Gasteiger partial charge < -0.3 is 14.6 Å². The highest BCUT2D eigenvalue weighted by atomic mass is 32.1. The van der Waals surface area contributed by atoms with E-state index in [9.17, 15) is 9.59 Å². The summed E-state index contributed by atoms with van der Waals surface area (Å²) < 4.78 is 5.26. The second kappa shape index (κ2) is 8.58. The van der Waals surface area contributed by atoms with E-state index in [1.165, 1.54) is 24.0 Å². The van der Waals surface area contributed by atoms with E-state index in [0.29, 0.717) is 10.9 Å². The van der Waals surface area contributed by atoms with Crippen molar-refractivity contribution >= 4 is 28.2 Å². The summed E-state index contributed by atoms with van der Waals surface area (Å²) in [4.78, 5) is 29.6. The number of rotatable bonds is 3. The van der Waals surface area contributed by atoms with Gasteiger partial charge in [0.1, 0.15) is 5.00 Å². The van der Waals surface area contributed by atoms with Gasteiger partial charge in [-0.25, -0.2) is 0 Å². The maximum absolute atomic E-state index is 13.6. The van der Waals surface area contributed by atoms with E-state index in [4.69, 9.17) is 4.42 Å². The molecule has 1 unspecified atom stereocenters. The lowest BCUT2D eigenvalue weighted by molar-refractivity contribution is 0.0761. The summed E-state index contributed by atoms with van der Waals surface area (Å²) in [7, 11) is 0. The molecule has 1 fully saturated rings. The van der Waals surface area contributed by atoms with Gasteiger partial charge in [-0.05, 0) is 61.1 Å². The average molecular weight is 429 g/mol. The fraction of sp³-hybridized carbons (Fsp3) is 0.583. The van der Waals surface area contributed by atoms with Crippen LogP contribution in [0.1, 0.15) is 84.2 Å². The molecule has 0 bridgehead atoms. The molecule has 30 heavy (non-hydrogen) atoms. The van der Waals surface area contributed by atoms with Crippen molar-refractivity contribution in [2.45, 2.75) is 65.7 Å². The SMILES string of the molecule is CC(C)(C)C1CCc2c(sc(NC(=O)c3ccco3)c2C(=O)N2CCCCCC2)C1. The molecule has 1 saturated heterocycles. The molecule has 0 radical (unpaired) electrons. The van der Waals surface area contributed by atoms with Crippen LogP contribution in [0.4, 0.5) is 5.00 Å². The molecule has 2 aliphatic rings. The molecule has 3 heterocycles. The second-order valence-electron chi connectivity index (χ2n) is 9.65. The van der Waals surface area contributed by atoms with Gasteiger partial charge in [-0.1, -0.05) is 33.6 Å². The number of carbonyl (C=O) groups excluding carboxylic acids is 2. The quantitative estimate of drug-likeness (QED) is 0.676. The van der Waals surface area contributed by atoms with Crippen LogP contribution < -0.4 is 5.32 Å². The molecule has 162 valence electrons. The molecule has 0 aromatic carbocycles. The summed E-state index contributed by atoms with van der Waals surface area (Å²) in [5.74, 6) is 0.634. The van der Waals surface area contributed by atoms with Gasteiger partial charge in [0.25, 0.3) is 11.8 Å². The molecular formula is C24H32N2O3S. The monoisotopic (exact) mass is 428 g/mol. The third-order valence-electron chi connectivity index (χ3n) is 6.57. The number of fused-ring (bicyclic) bond motifs is 1. The lowest BCUT2D eigenvalue weighted by Crippen LogP contribution is -2.33. The number of hydrogen-bond donors (Lipinski definition) is 1. The Hall–Kier alpha value is -2.08. The van der Waals surface area contributed by atoms with Gasteiger partial charge in [0.2, 0.25) is 0 Å². The second-order valence-corrected chi connectivity index (χ2v) is 10.8. The molecule has 0 spiro atoms. The summed E-state index contributed by atoms with van der Waals surface area (Å²) >= 11 is 1.58. The fourth-order valence-corrected chi connectivity index (χ4v) is 5.96. The molecule has 6 heteroatoms. The zero-order chi connectivity index (χ0) is 21.3. The highest BCUT2D eigenvalue weighted by Crippen LogP contribution is 2.44. The Morgan fingerprint density at radius 1 is 1.17 bits per heavy atom. The minimum atomic E-state index is -0.295. The van der Waals surface area contributed by atoms with Crippen LogP contribution in [0.15, 0.2) is 22.8 Å². The van der Waals surface area contributed by atoms with Crippen LogP contribution in [-0.4, -0.2) is 29.8 Å². The van der Waals surface area contributed by atoms with Crippen LogP contribution in [0.3, 0.4) is 0 Å². The number of amides is 2. The summed E-state index contributed by atoms with van der Waals surface area (Å²) in [5.41, 5.74) is 2.11. The van der Waals surface area contributed by atoms with E-state index in [-0.39, 0.29) is 23.0 Å². The fourth-order valence-electron chi connectivity index (χ4n) is 4.64. The van der Waals surface area contributed by atoms with Crippen LogP contribution in [-0.2, 0) is 12.8 Å². The van der Waals surface area contributed by atoms with Gasteiger partial charge in [0.05, 0.1) is 11.8 Å². The van der Waals surface area contributed by atoms with E-state index < -0.39 is 0 Å². The Kier molecular flexibility index (Phi) is 6.05. The first-order valence-corrected chi connectivity index (χ1v) is 11.9. The van der Waals surface area contributed by atoms with Crippen LogP contribution in [0.25, 0.3) is 0 Å². The van der Waals surface area contributed by atoms with Crippen molar-refractivity contribution in [3.63, 3.8) is 0 Å². The van der Waals surface area contributed by atoms with Gasteiger partial charge in [-0.3, -0.25) is 9.59 Å². The molecular weight excluding hydrogens is 396 g/mol. The largest absolute Gasteiger partial charge is 0.459 e. The number of anilines is 1. The topological polar surface area (TPSA) is 62.6 Å². The number of carbonyl (C=O) groups is 2. The van der Waals surface area contributed by atoms with E-state index in [0.717, 1.165) is 56.3 Å². The summed E-state index contributed by atoms with van der Waals surface area (Å²) in [6.07, 6.45) is 8.92. The van der Waals surface area contributed by atoms with Gasteiger partial charge in [0, 0.05) is 18.0 Å². The Morgan fingerprint density at radius 3 is 2.53 bits per heavy atom. The van der Waals surface area contributed by atoms with Crippen molar-refractivity contribution in [1.82, 2.24) is 4.90 Å². The highest BCUT2D eigenvalue weighted by Gasteiger charge is 2.35. The van der Waals surface area contributed by atoms with E-state index in [2.05, 4.69) is 26.1 Å². The maximum Gasteiger partial charge on any atom is 0.291 e. The summed E-state index contributed by atoms with van der Waals surface area (Å²) in [6.45, 7) is 8.48. The zero-order valence-electron chi connectivity index (χ0n) is 18.3. The average Bonchev–Trinajstić information content (AvgIpc) is 3.27. The van der Waals surface area contributed by atoms with Crippen molar-refractivity contribution in [2.75, 3.05) is 18.4 Å². The molecule has 4 rings (SSSR count). The van der Waals surface area contributed by atoms with Crippen molar-refractivity contribution < 1.29 is 14.0 Å². The first-order valence-electron chi connectivity index (χ1n) is 11.1. The van der Waals surface area contributed by atoms with Crippen LogP contribution in [0, 0.1) is 11.3 Å². The van der Waals surface area contributed by atoms with Crippen molar-refractivity contribution in [1.29, 1.82) is 0 Å². The van der Waals surface area contributed by atoms with Crippen molar-refractivity contribution in [3.05, 3.63) is 40.2 Å². The first-order chi connectivity index (χ1) is 14.3. The Balaban J connectivity index is 1.68. The van der Waals surface area contributed by atoms with E-state index in [1.807, 2.05) is 4.90 Å². The number of thiophene rings is 1. The molecule has 0 saturated carbocycles. The number of furan rings is 1. The van der Waals surface area contributed by atoms with Gasteiger partial charge in [0.15, 0.2) is 5.76 Å². The van der Waals surface area contributed by atoms with Crippen LogP contribution in [0.2, 0.25) is 0 Å². The maximum atomic E-state index is 13.6. The standard InChI is InChI=1S/C24H32N2O3S/c1-24(2,3)16-10-11-17-19(15-16)30-22(25-21(27)18-9-8-14-29-18)20(17)23(28)26-12-6-4-5-7-13-26/h8-9,14,16H,4-7,10-13,15H2,1-3H3,(H,25,27). The predicted molar refractivity (Wildman–Crippen MR) is 120 cm³/mol. The minimum Gasteiger partial charge on any atom is -0.459 e. The predicted octanol–water partition coefficient (Wildman–Crippen LogP) is 5.76. The molecule has 1 atom stereocenters. The lowest BCUT2D eigenvalue weighted by Gasteiger charge is -2.34. The zero-order valence-corrected chi connectivity index (χ0v) is 19.1. The molecule has 5 nitrogen and oxygen atoms in total. The summed E-state index contributed by atoms with van der Waals surface area (Å²) in [6, 6.07) is 3.35. The number of hydrogen-bond acceptors (Lipinski definition) is 4. The van der Waals surface area contributed by atoms with Crippen LogP contribution in [0.5, 0.6) is 0 Å². The highest BCUT2D eigenvalue weighted by molar-refractivity contribution is 7.17. The molecule has 1 aliphatic carbocycles.